The normalized spacial score (nSPS) is 22.3. The average Bonchev–Trinajstić information content (AvgIpc) is 2.69. The lowest BCUT2D eigenvalue weighted by molar-refractivity contribution is -0.126. The van der Waals surface area contributed by atoms with Crippen molar-refractivity contribution in [2.75, 3.05) is 0 Å². The van der Waals surface area contributed by atoms with Crippen molar-refractivity contribution in [2.45, 2.75) is 44.7 Å². The van der Waals surface area contributed by atoms with Crippen LogP contribution in [0.15, 0.2) is 24.3 Å². The lowest BCUT2D eigenvalue weighted by Crippen LogP contribution is -2.41. The van der Waals surface area contributed by atoms with Crippen LogP contribution in [0.1, 0.15) is 48.0 Å². The van der Waals surface area contributed by atoms with Crippen molar-refractivity contribution in [2.24, 2.45) is 11.7 Å². The van der Waals surface area contributed by atoms with Crippen molar-refractivity contribution in [1.82, 2.24) is 5.32 Å². The van der Waals surface area contributed by atoms with Crippen LogP contribution in [0.5, 0.6) is 0 Å². The van der Waals surface area contributed by atoms with Gasteiger partial charge in [0, 0.05) is 12.6 Å². The Morgan fingerprint density at radius 3 is 2.76 bits per heavy atom. The maximum Gasteiger partial charge on any atom is 0.335 e. The SMILES string of the molecule is NC1CCCCCC1C(=O)NCc1cccc(C(=O)O)c1. The van der Waals surface area contributed by atoms with Crippen LogP contribution in [0, 0.1) is 5.92 Å². The molecule has 21 heavy (non-hydrogen) atoms. The Morgan fingerprint density at radius 2 is 2.00 bits per heavy atom. The second-order valence-corrected chi connectivity index (χ2v) is 5.63. The summed E-state index contributed by atoms with van der Waals surface area (Å²) in [6.45, 7) is 0.336. The second-order valence-electron chi connectivity index (χ2n) is 5.63. The van der Waals surface area contributed by atoms with E-state index in [4.69, 9.17) is 10.8 Å². The van der Waals surface area contributed by atoms with Crippen molar-refractivity contribution >= 4 is 11.9 Å². The van der Waals surface area contributed by atoms with Gasteiger partial charge in [0.2, 0.25) is 5.91 Å². The summed E-state index contributed by atoms with van der Waals surface area (Å²) in [5.74, 6) is -1.12. The summed E-state index contributed by atoms with van der Waals surface area (Å²) >= 11 is 0. The Morgan fingerprint density at radius 1 is 1.24 bits per heavy atom. The standard InChI is InChI=1S/C16H22N2O3/c17-14-8-3-1-2-7-13(14)15(19)18-10-11-5-4-6-12(9-11)16(20)21/h4-6,9,13-14H,1-3,7-8,10,17H2,(H,18,19)(H,20,21). The highest BCUT2D eigenvalue weighted by molar-refractivity contribution is 5.87. The number of carbonyl (C=O) groups excluding carboxylic acids is 1. The molecule has 2 rings (SSSR count). The summed E-state index contributed by atoms with van der Waals surface area (Å²) in [5.41, 5.74) is 7.09. The van der Waals surface area contributed by atoms with Gasteiger partial charge in [0.05, 0.1) is 11.5 Å². The van der Waals surface area contributed by atoms with Crippen LogP contribution in [-0.4, -0.2) is 23.0 Å². The minimum atomic E-state index is -0.964. The molecule has 0 saturated heterocycles. The number of rotatable bonds is 4. The maximum atomic E-state index is 12.2. The van der Waals surface area contributed by atoms with Gasteiger partial charge in [-0.2, -0.15) is 0 Å². The van der Waals surface area contributed by atoms with Crippen LogP contribution in [0.2, 0.25) is 0 Å². The molecular formula is C16H22N2O3. The summed E-state index contributed by atoms with van der Waals surface area (Å²) in [4.78, 5) is 23.2. The topological polar surface area (TPSA) is 92.4 Å². The number of aromatic carboxylic acids is 1. The molecule has 5 nitrogen and oxygen atoms in total. The molecule has 1 fully saturated rings. The summed E-state index contributed by atoms with van der Waals surface area (Å²) in [6.07, 6.45) is 5.00. The molecule has 5 heteroatoms. The Hall–Kier alpha value is -1.88. The molecule has 0 radical (unpaired) electrons. The largest absolute Gasteiger partial charge is 0.478 e. The van der Waals surface area contributed by atoms with E-state index in [-0.39, 0.29) is 23.4 Å². The number of amides is 1. The van der Waals surface area contributed by atoms with Gasteiger partial charge in [0.1, 0.15) is 0 Å². The molecular weight excluding hydrogens is 268 g/mol. The number of nitrogens with one attached hydrogen (secondary N) is 1. The molecule has 0 spiro atoms. The molecule has 2 unspecified atom stereocenters. The number of hydrogen-bond donors (Lipinski definition) is 3. The summed E-state index contributed by atoms with van der Waals surface area (Å²) in [6, 6.07) is 6.53. The van der Waals surface area contributed by atoms with Gasteiger partial charge in [0.25, 0.3) is 0 Å². The fraction of sp³-hybridized carbons (Fsp3) is 0.500. The van der Waals surface area contributed by atoms with E-state index in [9.17, 15) is 9.59 Å². The number of carboxylic acids is 1. The van der Waals surface area contributed by atoms with E-state index >= 15 is 0 Å². The first-order chi connectivity index (χ1) is 10.1. The van der Waals surface area contributed by atoms with Gasteiger partial charge in [0.15, 0.2) is 0 Å². The highest BCUT2D eigenvalue weighted by atomic mass is 16.4. The van der Waals surface area contributed by atoms with Crippen molar-refractivity contribution < 1.29 is 14.7 Å². The molecule has 4 N–H and O–H groups in total. The van der Waals surface area contributed by atoms with E-state index in [0.29, 0.717) is 6.54 Å². The van der Waals surface area contributed by atoms with E-state index in [0.717, 1.165) is 37.7 Å². The second kappa shape index (κ2) is 7.22. The molecule has 1 aliphatic carbocycles. The zero-order valence-electron chi connectivity index (χ0n) is 12.0. The van der Waals surface area contributed by atoms with Gasteiger partial charge in [-0.15, -0.1) is 0 Å². The number of nitrogens with two attached hydrogens (primary N) is 1. The first kappa shape index (κ1) is 15.5. The molecule has 114 valence electrons. The molecule has 1 aliphatic rings. The third-order valence-corrected chi connectivity index (χ3v) is 4.05. The number of benzene rings is 1. The number of carbonyl (C=O) groups is 2. The number of hydrogen-bond acceptors (Lipinski definition) is 3. The van der Waals surface area contributed by atoms with Crippen LogP contribution < -0.4 is 11.1 Å². The van der Waals surface area contributed by atoms with Crippen LogP contribution in [0.4, 0.5) is 0 Å². The summed E-state index contributed by atoms with van der Waals surface area (Å²) < 4.78 is 0. The molecule has 1 aromatic rings. The Balaban J connectivity index is 1.94. The van der Waals surface area contributed by atoms with Crippen LogP contribution >= 0.6 is 0 Å². The molecule has 1 saturated carbocycles. The van der Waals surface area contributed by atoms with E-state index in [1.54, 1.807) is 18.2 Å². The smallest absolute Gasteiger partial charge is 0.335 e. The third kappa shape index (κ3) is 4.29. The lowest BCUT2D eigenvalue weighted by atomic mass is 9.94. The lowest BCUT2D eigenvalue weighted by Gasteiger charge is -2.20. The van der Waals surface area contributed by atoms with Crippen LogP contribution in [0.3, 0.4) is 0 Å². The molecule has 1 aromatic carbocycles. The quantitative estimate of drug-likeness (QED) is 0.738. The van der Waals surface area contributed by atoms with Gasteiger partial charge in [-0.05, 0) is 30.5 Å². The third-order valence-electron chi connectivity index (χ3n) is 4.05. The fourth-order valence-corrected chi connectivity index (χ4v) is 2.80. The summed E-state index contributed by atoms with van der Waals surface area (Å²) in [5, 5.41) is 11.8. The van der Waals surface area contributed by atoms with Gasteiger partial charge < -0.3 is 16.2 Å². The van der Waals surface area contributed by atoms with Gasteiger partial charge >= 0.3 is 5.97 Å². The predicted octanol–water partition coefficient (Wildman–Crippen LogP) is 1.91. The highest BCUT2D eigenvalue weighted by Gasteiger charge is 2.26. The van der Waals surface area contributed by atoms with Gasteiger partial charge in [-0.3, -0.25) is 4.79 Å². The summed E-state index contributed by atoms with van der Waals surface area (Å²) in [7, 11) is 0. The van der Waals surface area contributed by atoms with Crippen LogP contribution in [-0.2, 0) is 11.3 Å². The molecule has 0 bridgehead atoms. The Kier molecular flexibility index (Phi) is 5.33. The molecule has 2 atom stereocenters. The van der Waals surface area contributed by atoms with Crippen molar-refractivity contribution in [3.8, 4) is 0 Å². The van der Waals surface area contributed by atoms with E-state index in [1.165, 1.54) is 6.07 Å². The zero-order valence-corrected chi connectivity index (χ0v) is 12.0. The molecule has 0 aromatic heterocycles. The fourth-order valence-electron chi connectivity index (χ4n) is 2.80. The van der Waals surface area contributed by atoms with E-state index in [1.807, 2.05) is 0 Å². The molecule has 0 aliphatic heterocycles. The van der Waals surface area contributed by atoms with E-state index < -0.39 is 5.97 Å². The predicted molar refractivity (Wildman–Crippen MR) is 79.8 cm³/mol. The zero-order chi connectivity index (χ0) is 15.2. The Labute approximate surface area is 124 Å². The highest BCUT2D eigenvalue weighted by Crippen LogP contribution is 2.22. The average molecular weight is 290 g/mol. The molecule has 1 amide bonds. The van der Waals surface area contributed by atoms with Crippen LogP contribution in [0.25, 0.3) is 0 Å². The van der Waals surface area contributed by atoms with Gasteiger partial charge in [-0.25, -0.2) is 4.79 Å². The Bertz CT molecular complexity index is 516. The van der Waals surface area contributed by atoms with Gasteiger partial charge in [-0.1, -0.05) is 31.4 Å². The van der Waals surface area contributed by atoms with Crippen molar-refractivity contribution in [3.05, 3.63) is 35.4 Å². The molecule has 0 heterocycles. The maximum absolute atomic E-state index is 12.2. The van der Waals surface area contributed by atoms with Crippen molar-refractivity contribution in [3.63, 3.8) is 0 Å². The first-order valence-corrected chi connectivity index (χ1v) is 7.43. The number of carboxylic acid groups (broad SMARTS) is 1. The van der Waals surface area contributed by atoms with E-state index in [2.05, 4.69) is 5.32 Å². The minimum absolute atomic E-state index is 0.0230. The first-order valence-electron chi connectivity index (χ1n) is 7.43. The van der Waals surface area contributed by atoms with Crippen molar-refractivity contribution in [1.29, 1.82) is 0 Å². The monoisotopic (exact) mass is 290 g/mol. The minimum Gasteiger partial charge on any atom is -0.478 e.